The number of nitrogens with zero attached hydrogens (tertiary/aromatic N) is 4. The van der Waals surface area contributed by atoms with E-state index in [-0.39, 0.29) is 5.56 Å². The Balaban J connectivity index is 2.13. The van der Waals surface area contributed by atoms with E-state index in [0.29, 0.717) is 26.9 Å². The largest absolute Gasteiger partial charge is 0.268 e. The van der Waals surface area contributed by atoms with E-state index >= 15 is 0 Å². The number of hydrogen-bond acceptors (Lipinski definition) is 5. The van der Waals surface area contributed by atoms with Crippen molar-refractivity contribution in [2.24, 2.45) is 0 Å². The van der Waals surface area contributed by atoms with Gasteiger partial charge in [-0.1, -0.05) is 53.3 Å². The smallest absolute Gasteiger partial charge is 0.268 e. The van der Waals surface area contributed by atoms with Crippen LogP contribution in [0.4, 0.5) is 0 Å². The summed E-state index contributed by atoms with van der Waals surface area (Å²) in [5.41, 5.74) is 1.19. The number of aromatic nitrogens is 4. The maximum atomic E-state index is 13.1. The molecule has 2 heterocycles. The highest BCUT2D eigenvalue weighted by Gasteiger charge is 2.17. The Morgan fingerprint density at radius 3 is 2.58 bits per heavy atom. The van der Waals surface area contributed by atoms with Gasteiger partial charge >= 0.3 is 0 Å². The molecule has 4 aromatic rings. The van der Waals surface area contributed by atoms with E-state index in [0.717, 1.165) is 10.6 Å². The maximum Gasteiger partial charge on any atom is 0.268 e. The topological polar surface area (TPSA) is 60.7 Å². The Bertz CT molecular complexity index is 1100. The molecule has 0 saturated heterocycles. The molecule has 0 N–H and O–H groups in total. The van der Waals surface area contributed by atoms with Gasteiger partial charge in [0.2, 0.25) is 5.13 Å². The average Bonchev–Trinajstić information content (AvgIpc) is 3.01. The van der Waals surface area contributed by atoms with Crippen LogP contribution in [-0.4, -0.2) is 19.7 Å². The van der Waals surface area contributed by atoms with Crippen molar-refractivity contribution in [3.05, 3.63) is 68.9 Å². The zero-order valence-corrected chi connectivity index (χ0v) is 14.2. The van der Waals surface area contributed by atoms with Crippen LogP contribution < -0.4 is 5.56 Å². The minimum atomic E-state index is -0.188. The van der Waals surface area contributed by atoms with Crippen LogP contribution >= 0.6 is 22.9 Å². The molecule has 7 heteroatoms. The average molecular weight is 355 g/mol. The molecule has 0 fully saturated rings. The lowest BCUT2D eigenvalue weighted by atomic mass is 10.2. The van der Waals surface area contributed by atoms with E-state index in [2.05, 4.69) is 15.2 Å². The van der Waals surface area contributed by atoms with Gasteiger partial charge in [0.25, 0.3) is 5.56 Å². The number of benzene rings is 2. The van der Waals surface area contributed by atoms with E-state index in [1.54, 1.807) is 18.2 Å². The van der Waals surface area contributed by atoms with Gasteiger partial charge in [0, 0.05) is 10.6 Å². The van der Waals surface area contributed by atoms with Crippen molar-refractivity contribution in [2.75, 3.05) is 0 Å². The fraction of sp³-hybridized carbons (Fsp3) is 0.0588. The normalized spacial score (nSPS) is 11.1. The molecule has 0 aliphatic rings. The van der Waals surface area contributed by atoms with E-state index in [4.69, 9.17) is 11.6 Å². The van der Waals surface area contributed by atoms with E-state index in [1.807, 2.05) is 37.3 Å². The summed E-state index contributed by atoms with van der Waals surface area (Å²) in [7, 11) is 0. The fourth-order valence-electron chi connectivity index (χ4n) is 2.49. The van der Waals surface area contributed by atoms with Gasteiger partial charge in [-0.25, -0.2) is 9.55 Å². The van der Waals surface area contributed by atoms with Crippen LogP contribution in [0.15, 0.2) is 53.3 Å². The Morgan fingerprint density at radius 1 is 1.08 bits per heavy atom. The quantitative estimate of drug-likeness (QED) is 0.548. The third kappa shape index (κ3) is 2.50. The number of hydrogen-bond donors (Lipinski definition) is 0. The van der Waals surface area contributed by atoms with Crippen LogP contribution in [0.1, 0.15) is 5.01 Å². The summed E-state index contributed by atoms with van der Waals surface area (Å²) in [4.78, 5) is 17.7. The maximum absolute atomic E-state index is 13.1. The van der Waals surface area contributed by atoms with Crippen molar-refractivity contribution < 1.29 is 0 Å². The zero-order chi connectivity index (χ0) is 16.7. The van der Waals surface area contributed by atoms with Crippen molar-refractivity contribution >= 4 is 33.8 Å². The Labute approximate surface area is 146 Å². The number of halogens is 1. The predicted molar refractivity (Wildman–Crippen MR) is 96.0 cm³/mol. The summed E-state index contributed by atoms with van der Waals surface area (Å²) >= 11 is 7.41. The molecule has 24 heavy (non-hydrogen) atoms. The fourth-order valence-corrected chi connectivity index (χ4v) is 3.35. The summed E-state index contributed by atoms with van der Waals surface area (Å²) in [5, 5.41) is 10.5. The molecule has 2 aromatic heterocycles. The first-order valence-electron chi connectivity index (χ1n) is 7.22. The van der Waals surface area contributed by atoms with Gasteiger partial charge in [-0.2, -0.15) is 0 Å². The lowest BCUT2D eigenvalue weighted by Crippen LogP contribution is -2.21. The molecule has 0 saturated carbocycles. The van der Waals surface area contributed by atoms with Gasteiger partial charge in [0.15, 0.2) is 0 Å². The molecule has 0 aliphatic heterocycles. The van der Waals surface area contributed by atoms with Crippen LogP contribution in [0.2, 0.25) is 5.02 Å². The molecule has 4 rings (SSSR count). The molecule has 0 spiro atoms. The van der Waals surface area contributed by atoms with Crippen molar-refractivity contribution in [3.8, 4) is 16.5 Å². The van der Waals surface area contributed by atoms with E-state index < -0.39 is 0 Å². The molecule has 0 unspecified atom stereocenters. The minimum Gasteiger partial charge on any atom is -0.268 e. The summed E-state index contributed by atoms with van der Waals surface area (Å²) < 4.78 is 1.51. The second-order valence-corrected chi connectivity index (χ2v) is 6.80. The molecule has 0 radical (unpaired) electrons. The van der Waals surface area contributed by atoms with Crippen molar-refractivity contribution in [1.82, 2.24) is 19.7 Å². The highest BCUT2D eigenvalue weighted by Crippen LogP contribution is 2.24. The third-order valence-electron chi connectivity index (χ3n) is 3.57. The molecule has 0 amide bonds. The van der Waals surface area contributed by atoms with Crippen LogP contribution in [0, 0.1) is 6.92 Å². The number of rotatable bonds is 2. The SMILES string of the molecule is Cc1nnc(-n2c(-c3ccccc3)nc3cc(Cl)ccc3c2=O)s1. The highest BCUT2D eigenvalue weighted by molar-refractivity contribution is 7.13. The van der Waals surface area contributed by atoms with Crippen LogP contribution in [0.5, 0.6) is 0 Å². The molecule has 0 atom stereocenters. The first kappa shape index (κ1) is 15.0. The zero-order valence-electron chi connectivity index (χ0n) is 12.6. The summed E-state index contributed by atoms with van der Waals surface area (Å²) in [5.74, 6) is 0.520. The van der Waals surface area contributed by atoms with Crippen LogP contribution in [-0.2, 0) is 0 Å². The van der Waals surface area contributed by atoms with Crippen molar-refractivity contribution in [1.29, 1.82) is 0 Å². The molecule has 5 nitrogen and oxygen atoms in total. The van der Waals surface area contributed by atoms with Gasteiger partial charge in [0.05, 0.1) is 10.9 Å². The Hall–Kier alpha value is -2.57. The van der Waals surface area contributed by atoms with Gasteiger partial charge in [0.1, 0.15) is 10.8 Å². The molecular weight excluding hydrogens is 344 g/mol. The van der Waals surface area contributed by atoms with Gasteiger partial charge in [-0.3, -0.25) is 4.79 Å². The first-order valence-corrected chi connectivity index (χ1v) is 8.41. The van der Waals surface area contributed by atoms with Crippen LogP contribution in [0.25, 0.3) is 27.4 Å². The highest BCUT2D eigenvalue weighted by atomic mass is 35.5. The predicted octanol–water partition coefficient (Wildman–Crippen LogP) is 3.87. The van der Waals surface area contributed by atoms with E-state index in [1.165, 1.54) is 15.9 Å². The van der Waals surface area contributed by atoms with Crippen molar-refractivity contribution in [3.63, 3.8) is 0 Å². The molecule has 2 aromatic carbocycles. The van der Waals surface area contributed by atoms with Gasteiger partial charge < -0.3 is 0 Å². The Morgan fingerprint density at radius 2 is 1.88 bits per heavy atom. The summed E-state index contributed by atoms with van der Waals surface area (Å²) in [6, 6.07) is 14.6. The lowest BCUT2D eigenvalue weighted by molar-refractivity contribution is 0.913. The Kier molecular flexibility index (Phi) is 3.63. The number of aryl methyl sites for hydroxylation is 1. The van der Waals surface area contributed by atoms with Gasteiger partial charge in [-0.15, -0.1) is 10.2 Å². The van der Waals surface area contributed by atoms with Crippen LogP contribution in [0.3, 0.4) is 0 Å². The summed E-state index contributed by atoms with van der Waals surface area (Å²) in [6.07, 6.45) is 0. The lowest BCUT2D eigenvalue weighted by Gasteiger charge is -2.11. The monoisotopic (exact) mass is 354 g/mol. The molecular formula is C17H11ClN4OS. The summed E-state index contributed by atoms with van der Waals surface area (Å²) in [6.45, 7) is 1.85. The standard InChI is InChI=1S/C17H11ClN4OS/c1-10-20-21-17(24-10)22-15(11-5-3-2-4-6-11)19-14-9-12(18)7-8-13(14)16(22)23/h2-9H,1H3. The van der Waals surface area contributed by atoms with Gasteiger partial charge in [-0.05, 0) is 25.1 Å². The van der Waals surface area contributed by atoms with E-state index in [9.17, 15) is 4.79 Å². The van der Waals surface area contributed by atoms with Crippen molar-refractivity contribution in [2.45, 2.75) is 6.92 Å². The second-order valence-electron chi connectivity index (χ2n) is 5.21. The second kappa shape index (κ2) is 5.81. The molecule has 118 valence electrons. The molecule has 0 bridgehead atoms. The third-order valence-corrected chi connectivity index (χ3v) is 4.63. The minimum absolute atomic E-state index is 0.188. The first-order chi connectivity index (χ1) is 11.6. The number of fused-ring (bicyclic) bond motifs is 1. The molecule has 0 aliphatic carbocycles.